The fourth-order valence-corrected chi connectivity index (χ4v) is 3.17. The number of anilines is 2. The van der Waals surface area contributed by atoms with E-state index in [0.717, 1.165) is 23.3 Å². The highest BCUT2D eigenvalue weighted by Gasteiger charge is 2.31. The molecule has 19 heavy (non-hydrogen) atoms. The highest BCUT2D eigenvalue weighted by Crippen LogP contribution is 2.40. The third-order valence-corrected chi connectivity index (χ3v) is 4.75. The van der Waals surface area contributed by atoms with Crippen molar-refractivity contribution in [2.45, 2.75) is 44.2 Å². The maximum absolute atomic E-state index is 4.53. The fourth-order valence-electron chi connectivity index (χ4n) is 2.79. The van der Waals surface area contributed by atoms with Crippen molar-refractivity contribution in [1.82, 2.24) is 9.97 Å². The van der Waals surface area contributed by atoms with Gasteiger partial charge in [-0.1, -0.05) is 31.5 Å². The van der Waals surface area contributed by atoms with E-state index in [1.807, 2.05) is 19.4 Å². The lowest BCUT2D eigenvalue weighted by atomic mass is 9.83. The van der Waals surface area contributed by atoms with Crippen LogP contribution in [0, 0.1) is 5.41 Å². The maximum Gasteiger partial charge on any atom is 0.191 e. The van der Waals surface area contributed by atoms with E-state index in [0.29, 0.717) is 5.41 Å². The van der Waals surface area contributed by atoms with Gasteiger partial charge in [0.05, 0.1) is 0 Å². The van der Waals surface area contributed by atoms with E-state index in [1.165, 1.54) is 32.1 Å². The first-order chi connectivity index (χ1) is 9.21. The molecule has 0 amide bonds. The second-order valence-electron chi connectivity index (χ2n) is 5.29. The Bertz CT molecular complexity index is 394. The first-order valence-electron chi connectivity index (χ1n) is 7.06. The molecule has 106 valence electrons. The van der Waals surface area contributed by atoms with E-state index in [1.54, 1.807) is 11.8 Å². The average molecular weight is 280 g/mol. The summed E-state index contributed by atoms with van der Waals surface area (Å²) >= 11 is 1.57. The van der Waals surface area contributed by atoms with Gasteiger partial charge in [-0.15, -0.1) is 0 Å². The van der Waals surface area contributed by atoms with Crippen molar-refractivity contribution in [2.24, 2.45) is 5.41 Å². The van der Waals surface area contributed by atoms with Gasteiger partial charge in [0.25, 0.3) is 0 Å². The minimum absolute atomic E-state index is 0.476. The van der Waals surface area contributed by atoms with Gasteiger partial charge < -0.3 is 10.6 Å². The molecule has 5 heteroatoms. The Hall–Kier alpha value is -0.970. The van der Waals surface area contributed by atoms with Crippen LogP contribution >= 0.6 is 11.8 Å². The van der Waals surface area contributed by atoms with Crippen LogP contribution in [0.5, 0.6) is 0 Å². The zero-order valence-corrected chi connectivity index (χ0v) is 12.9. The second-order valence-corrected chi connectivity index (χ2v) is 6.06. The molecule has 1 saturated carbocycles. The molecule has 0 aliphatic heterocycles. The van der Waals surface area contributed by atoms with Gasteiger partial charge in [0.15, 0.2) is 5.16 Å². The smallest absolute Gasteiger partial charge is 0.191 e. The van der Waals surface area contributed by atoms with Crippen molar-refractivity contribution in [2.75, 3.05) is 30.5 Å². The van der Waals surface area contributed by atoms with Crippen LogP contribution in [0.1, 0.15) is 39.0 Å². The van der Waals surface area contributed by atoms with E-state index in [-0.39, 0.29) is 0 Å². The Morgan fingerprint density at radius 1 is 1.26 bits per heavy atom. The zero-order chi connectivity index (χ0) is 13.7. The van der Waals surface area contributed by atoms with Crippen LogP contribution in [0.15, 0.2) is 11.2 Å². The number of nitrogens with one attached hydrogen (secondary N) is 2. The van der Waals surface area contributed by atoms with E-state index in [9.17, 15) is 0 Å². The third kappa shape index (κ3) is 3.53. The highest BCUT2D eigenvalue weighted by molar-refractivity contribution is 7.98. The molecular formula is C14H24N4S. The van der Waals surface area contributed by atoms with Crippen molar-refractivity contribution < 1.29 is 0 Å². The Kier molecular flexibility index (Phi) is 4.91. The van der Waals surface area contributed by atoms with Crippen LogP contribution < -0.4 is 10.6 Å². The molecule has 1 aromatic heterocycles. The summed E-state index contributed by atoms with van der Waals surface area (Å²) in [5, 5.41) is 7.42. The topological polar surface area (TPSA) is 49.8 Å². The van der Waals surface area contributed by atoms with Crippen LogP contribution in [0.2, 0.25) is 0 Å². The van der Waals surface area contributed by atoms with Gasteiger partial charge in [0.2, 0.25) is 0 Å². The average Bonchev–Trinajstić information content (AvgIpc) is 2.94. The number of thioether (sulfide) groups is 1. The number of hydrogen-bond donors (Lipinski definition) is 2. The molecule has 4 nitrogen and oxygen atoms in total. The Morgan fingerprint density at radius 2 is 1.95 bits per heavy atom. The van der Waals surface area contributed by atoms with E-state index >= 15 is 0 Å². The lowest BCUT2D eigenvalue weighted by Gasteiger charge is -2.28. The van der Waals surface area contributed by atoms with Gasteiger partial charge in [0, 0.05) is 19.7 Å². The number of aromatic nitrogens is 2. The summed E-state index contributed by atoms with van der Waals surface area (Å²) in [5.74, 6) is 1.81. The largest absolute Gasteiger partial charge is 0.373 e. The van der Waals surface area contributed by atoms with Crippen molar-refractivity contribution in [3.05, 3.63) is 6.07 Å². The Labute approximate surface area is 120 Å². The van der Waals surface area contributed by atoms with Crippen LogP contribution in [-0.4, -0.2) is 29.8 Å². The lowest BCUT2D eigenvalue weighted by Crippen LogP contribution is -2.26. The monoisotopic (exact) mass is 280 g/mol. The van der Waals surface area contributed by atoms with E-state index < -0.39 is 0 Å². The standard InChI is InChI=1S/C14H24N4S/c1-4-14(7-5-6-8-14)10-16-12-9-11(15-2)17-13(18-12)19-3/h9H,4-8,10H2,1-3H3,(H2,15,16,17,18). The second kappa shape index (κ2) is 6.46. The summed E-state index contributed by atoms with van der Waals surface area (Å²) in [4.78, 5) is 8.92. The van der Waals surface area contributed by atoms with Gasteiger partial charge in [-0.2, -0.15) is 0 Å². The minimum Gasteiger partial charge on any atom is -0.373 e. The molecule has 2 rings (SSSR count). The van der Waals surface area contributed by atoms with Gasteiger partial charge in [-0.05, 0) is 30.9 Å². The summed E-state index contributed by atoms with van der Waals surface area (Å²) in [6.07, 6.45) is 8.68. The van der Waals surface area contributed by atoms with Crippen LogP contribution in [0.4, 0.5) is 11.6 Å². The van der Waals surface area contributed by atoms with E-state index in [2.05, 4.69) is 27.5 Å². The molecule has 1 aromatic rings. The number of hydrogen-bond acceptors (Lipinski definition) is 5. The lowest BCUT2D eigenvalue weighted by molar-refractivity contribution is 0.306. The van der Waals surface area contributed by atoms with Crippen molar-refractivity contribution >= 4 is 23.4 Å². The van der Waals surface area contributed by atoms with Crippen LogP contribution in [0.3, 0.4) is 0 Å². The molecule has 0 unspecified atom stereocenters. The highest BCUT2D eigenvalue weighted by atomic mass is 32.2. The first kappa shape index (κ1) is 14.4. The first-order valence-corrected chi connectivity index (χ1v) is 8.28. The summed E-state index contributed by atoms with van der Waals surface area (Å²) < 4.78 is 0. The van der Waals surface area contributed by atoms with E-state index in [4.69, 9.17) is 0 Å². The molecule has 0 atom stereocenters. The normalized spacial score (nSPS) is 17.4. The van der Waals surface area contributed by atoms with Crippen molar-refractivity contribution in [1.29, 1.82) is 0 Å². The van der Waals surface area contributed by atoms with Gasteiger partial charge in [-0.3, -0.25) is 0 Å². The molecule has 0 saturated heterocycles. The Morgan fingerprint density at radius 3 is 2.53 bits per heavy atom. The summed E-state index contributed by atoms with van der Waals surface area (Å²) in [7, 11) is 1.89. The predicted molar refractivity (Wildman–Crippen MR) is 83.0 cm³/mol. The molecule has 1 fully saturated rings. The van der Waals surface area contributed by atoms with Crippen molar-refractivity contribution in [3.8, 4) is 0 Å². The van der Waals surface area contributed by atoms with Gasteiger partial charge in [0.1, 0.15) is 11.6 Å². The molecule has 0 bridgehead atoms. The number of rotatable bonds is 6. The molecule has 0 aromatic carbocycles. The van der Waals surface area contributed by atoms with Crippen LogP contribution in [0.25, 0.3) is 0 Å². The molecule has 0 spiro atoms. The predicted octanol–water partition coefficient (Wildman–Crippen LogP) is 3.62. The van der Waals surface area contributed by atoms with Gasteiger partial charge in [-0.25, -0.2) is 9.97 Å². The SMILES string of the molecule is CCC1(CNc2cc(NC)nc(SC)n2)CCCC1. The molecule has 1 heterocycles. The maximum atomic E-state index is 4.53. The number of nitrogens with zero attached hydrogens (tertiary/aromatic N) is 2. The summed E-state index contributed by atoms with van der Waals surface area (Å²) in [5.41, 5.74) is 0.476. The van der Waals surface area contributed by atoms with Crippen LogP contribution in [-0.2, 0) is 0 Å². The summed E-state index contributed by atoms with van der Waals surface area (Å²) in [6, 6.07) is 1.98. The molecule has 2 N–H and O–H groups in total. The molecule has 0 radical (unpaired) electrons. The molecule has 1 aliphatic carbocycles. The molecular weight excluding hydrogens is 256 g/mol. The fraction of sp³-hybridized carbons (Fsp3) is 0.714. The summed E-state index contributed by atoms with van der Waals surface area (Å²) in [6.45, 7) is 3.33. The quantitative estimate of drug-likeness (QED) is 0.615. The minimum atomic E-state index is 0.476. The van der Waals surface area contributed by atoms with Crippen molar-refractivity contribution in [3.63, 3.8) is 0 Å². The molecule has 1 aliphatic rings. The zero-order valence-electron chi connectivity index (χ0n) is 12.1. The third-order valence-electron chi connectivity index (χ3n) is 4.20. The van der Waals surface area contributed by atoms with Gasteiger partial charge >= 0.3 is 0 Å². The Balaban J connectivity index is 2.06.